The van der Waals surface area contributed by atoms with Crippen LogP contribution in [0.15, 0.2) is 61.3 Å². The quantitative estimate of drug-likeness (QED) is 0.798. The number of hydrogen-bond acceptors (Lipinski definition) is 4. The summed E-state index contributed by atoms with van der Waals surface area (Å²) in [4.78, 5) is 17.6. The topological polar surface area (TPSA) is 54.5 Å². The predicted octanol–water partition coefficient (Wildman–Crippen LogP) is 2.61. The molecule has 0 fully saturated rings. The molecule has 1 aromatic heterocycles. The van der Waals surface area contributed by atoms with Crippen molar-refractivity contribution in [2.75, 3.05) is 25.0 Å². The third-order valence-electron chi connectivity index (χ3n) is 2.96. The van der Waals surface area contributed by atoms with Crippen molar-refractivity contribution < 1.29 is 9.53 Å². The lowest BCUT2D eigenvalue weighted by molar-refractivity contribution is -0.119. The van der Waals surface area contributed by atoms with E-state index in [0.29, 0.717) is 18.2 Å². The largest absolute Gasteiger partial charge is 0.439 e. The van der Waals surface area contributed by atoms with Crippen molar-refractivity contribution in [3.05, 3.63) is 61.3 Å². The van der Waals surface area contributed by atoms with Crippen molar-refractivity contribution in [1.82, 2.24) is 10.3 Å². The molecule has 2 rings (SSSR count). The molecule has 5 nitrogen and oxygen atoms in total. The van der Waals surface area contributed by atoms with Gasteiger partial charge < -0.3 is 15.0 Å². The van der Waals surface area contributed by atoms with Crippen molar-refractivity contribution in [2.24, 2.45) is 0 Å². The number of amides is 1. The maximum atomic E-state index is 11.7. The summed E-state index contributed by atoms with van der Waals surface area (Å²) in [6, 6.07) is 13.0. The Labute approximate surface area is 130 Å². The third kappa shape index (κ3) is 4.63. The highest BCUT2D eigenvalue weighted by molar-refractivity contribution is 5.81. The average molecular weight is 297 g/mol. The lowest BCUT2D eigenvalue weighted by Gasteiger charge is -2.18. The first-order valence-corrected chi connectivity index (χ1v) is 6.96. The monoisotopic (exact) mass is 297 g/mol. The van der Waals surface area contributed by atoms with Crippen molar-refractivity contribution in [3.63, 3.8) is 0 Å². The van der Waals surface area contributed by atoms with E-state index in [1.807, 2.05) is 48.3 Å². The zero-order valence-corrected chi connectivity index (χ0v) is 12.5. The first-order valence-electron chi connectivity index (χ1n) is 6.96. The van der Waals surface area contributed by atoms with Gasteiger partial charge in [-0.25, -0.2) is 4.98 Å². The molecule has 0 unspecified atom stereocenters. The average Bonchev–Trinajstić information content (AvgIpc) is 2.54. The van der Waals surface area contributed by atoms with Gasteiger partial charge in [-0.1, -0.05) is 12.1 Å². The molecule has 0 bridgehead atoms. The van der Waals surface area contributed by atoms with Crippen molar-refractivity contribution in [3.8, 4) is 11.6 Å². The molecule has 1 N–H and O–H groups in total. The second-order valence-corrected chi connectivity index (χ2v) is 4.71. The maximum Gasteiger partial charge on any atom is 0.239 e. The van der Waals surface area contributed by atoms with Crippen LogP contribution in [0.5, 0.6) is 11.6 Å². The van der Waals surface area contributed by atoms with Gasteiger partial charge in [0.15, 0.2) is 0 Å². The van der Waals surface area contributed by atoms with E-state index in [9.17, 15) is 4.79 Å². The smallest absolute Gasteiger partial charge is 0.239 e. The number of hydrogen-bond donors (Lipinski definition) is 1. The van der Waals surface area contributed by atoms with Gasteiger partial charge in [-0.05, 0) is 30.3 Å². The Morgan fingerprint density at radius 1 is 1.32 bits per heavy atom. The van der Waals surface area contributed by atoms with Gasteiger partial charge in [0.2, 0.25) is 11.8 Å². The van der Waals surface area contributed by atoms with Gasteiger partial charge in [-0.2, -0.15) is 0 Å². The molecule has 0 aliphatic rings. The fourth-order valence-corrected chi connectivity index (χ4v) is 1.85. The summed E-state index contributed by atoms with van der Waals surface area (Å²) < 4.78 is 5.63. The Morgan fingerprint density at radius 2 is 2.09 bits per heavy atom. The van der Waals surface area contributed by atoms with Crippen LogP contribution in [0.3, 0.4) is 0 Å². The number of pyridine rings is 1. The molecule has 0 spiro atoms. The number of likely N-dealkylation sites (N-methyl/N-ethyl adjacent to an activating group) is 1. The molecule has 0 atom stereocenters. The van der Waals surface area contributed by atoms with E-state index in [1.54, 1.807) is 18.3 Å². The van der Waals surface area contributed by atoms with E-state index in [4.69, 9.17) is 4.74 Å². The Balaban J connectivity index is 1.93. The van der Waals surface area contributed by atoms with Crippen molar-refractivity contribution >= 4 is 11.6 Å². The summed E-state index contributed by atoms with van der Waals surface area (Å²) >= 11 is 0. The van der Waals surface area contributed by atoms with Crippen LogP contribution in [0.25, 0.3) is 0 Å². The molecule has 1 heterocycles. The van der Waals surface area contributed by atoms with Gasteiger partial charge >= 0.3 is 0 Å². The molecule has 0 aliphatic heterocycles. The molecule has 0 saturated heterocycles. The predicted molar refractivity (Wildman–Crippen MR) is 87.2 cm³/mol. The molecule has 0 saturated carbocycles. The van der Waals surface area contributed by atoms with Crippen LogP contribution >= 0.6 is 0 Å². The summed E-state index contributed by atoms with van der Waals surface area (Å²) in [6.45, 7) is 4.33. The van der Waals surface area contributed by atoms with Gasteiger partial charge in [0.05, 0.1) is 6.54 Å². The summed E-state index contributed by atoms with van der Waals surface area (Å²) in [6.07, 6.45) is 3.33. The number of carbonyl (C=O) groups excluding carboxylic acids is 1. The Bertz CT molecular complexity index is 612. The van der Waals surface area contributed by atoms with E-state index in [0.717, 1.165) is 5.69 Å². The SMILES string of the molecule is C=CCNC(=O)CN(C)c1ccc(Oc2ccccn2)cc1. The van der Waals surface area contributed by atoms with E-state index < -0.39 is 0 Å². The Morgan fingerprint density at radius 3 is 2.73 bits per heavy atom. The fraction of sp³-hybridized carbons (Fsp3) is 0.176. The molecule has 0 aliphatic carbocycles. The van der Waals surface area contributed by atoms with Gasteiger partial charge in [0.1, 0.15) is 5.75 Å². The second-order valence-electron chi connectivity index (χ2n) is 4.71. The summed E-state index contributed by atoms with van der Waals surface area (Å²) in [5.41, 5.74) is 0.933. The molecular weight excluding hydrogens is 278 g/mol. The number of rotatable bonds is 7. The number of aromatic nitrogens is 1. The lowest BCUT2D eigenvalue weighted by atomic mass is 10.3. The normalized spacial score (nSPS) is 9.86. The zero-order valence-electron chi connectivity index (χ0n) is 12.5. The fourth-order valence-electron chi connectivity index (χ4n) is 1.85. The maximum absolute atomic E-state index is 11.7. The molecule has 1 aromatic carbocycles. The number of nitrogens with one attached hydrogen (secondary N) is 1. The van der Waals surface area contributed by atoms with Crippen LogP contribution in [0.2, 0.25) is 0 Å². The minimum atomic E-state index is -0.0452. The number of carbonyl (C=O) groups is 1. The van der Waals surface area contributed by atoms with E-state index in [2.05, 4.69) is 16.9 Å². The standard InChI is InChI=1S/C17H19N3O2/c1-3-11-18-16(21)13-20(2)14-7-9-15(10-8-14)22-17-6-4-5-12-19-17/h3-10,12H,1,11,13H2,2H3,(H,18,21). The summed E-state index contributed by atoms with van der Waals surface area (Å²) in [5, 5.41) is 2.75. The Hall–Kier alpha value is -2.82. The van der Waals surface area contributed by atoms with Crippen LogP contribution in [0, 0.1) is 0 Å². The summed E-state index contributed by atoms with van der Waals surface area (Å²) in [7, 11) is 1.86. The number of nitrogens with zero attached hydrogens (tertiary/aromatic N) is 2. The highest BCUT2D eigenvalue weighted by atomic mass is 16.5. The molecule has 5 heteroatoms. The molecule has 0 radical (unpaired) electrons. The van der Waals surface area contributed by atoms with E-state index in [1.165, 1.54) is 0 Å². The van der Waals surface area contributed by atoms with Gasteiger partial charge in [-0.15, -0.1) is 6.58 Å². The number of benzene rings is 1. The van der Waals surface area contributed by atoms with E-state index >= 15 is 0 Å². The lowest BCUT2D eigenvalue weighted by Crippen LogP contribution is -2.35. The van der Waals surface area contributed by atoms with Gasteiger partial charge in [0, 0.05) is 31.5 Å². The molecule has 2 aromatic rings. The van der Waals surface area contributed by atoms with Gasteiger partial charge in [0.25, 0.3) is 0 Å². The van der Waals surface area contributed by atoms with Crippen molar-refractivity contribution in [1.29, 1.82) is 0 Å². The first-order chi connectivity index (χ1) is 10.7. The highest BCUT2D eigenvalue weighted by Crippen LogP contribution is 2.22. The van der Waals surface area contributed by atoms with Crippen LogP contribution < -0.4 is 15.0 Å². The summed E-state index contributed by atoms with van der Waals surface area (Å²) in [5.74, 6) is 1.20. The van der Waals surface area contributed by atoms with Crippen LogP contribution in [0.1, 0.15) is 0 Å². The van der Waals surface area contributed by atoms with Crippen LogP contribution in [0.4, 0.5) is 5.69 Å². The zero-order chi connectivity index (χ0) is 15.8. The minimum absolute atomic E-state index is 0.0452. The number of anilines is 1. The minimum Gasteiger partial charge on any atom is -0.439 e. The van der Waals surface area contributed by atoms with E-state index in [-0.39, 0.29) is 12.5 Å². The van der Waals surface area contributed by atoms with Crippen LogP contribution in [-0.4, -0.2) is 31.0 Å². The second kappa shape index (κ2) is 7.83. The van der Waals surface area contributed by atoms with Crippen molar-refractivity contribution in [2.45, 2.75) is 0 Å². The number of ether oxygens (including phenoxy) is 1. The Kier molecular flexibility index (Phi) is 5.54. The van der Waals surface area contributed by atoms with Crippen LogP contribution in [-0.2, 0) is 4.79 Å². The molecule has 114 valence electrons. The highest BCUT2D eigenvalue weighted by Gasteiger charge is 2.07. The molecule has 22 heavy (non-hydrogen) atoms. The van der Waals surface area contributed by atoms with Gasteiger partial charge in [-0.3, -0.25) is 4.79 Å². The molecular formula is C17H19N3O2. The molecule has 1 amide bonds. The third-order valence-corrected chi connectivity index (χ3v) is 2.96. The first kappa shape index (κ1) is 15.6.